The Labute approximate surface area is 50.1 Å². The molecule has 0 aromatic heterocycles. The first kappa shape index (κ1) is 7.47. The van der Waals surface area contributed by atoms with Crippen LogP contribution in [0.5, 0.6) is 0 Å². The number of nitrogens with two attached hydrogens (primary N) is 1. The van der Waals surface area contributed by atoms with Crippen LogP contribution in [0.1, 0.15) is 26.2 Å². The first-order valence-electron chi connectivity index (χ1n) is 2.87. The quantitative estimate of drug-likeness (QED) is 0.541. The molecule has 2 heteroatoms. The Bertz CT molecular complexity index is 70.9. The van der Waals surface area contributed by atoms with Crippen molar-refractivity contribution in [3.8, 4) is 0 Å². The molecular weight excluding hydrogens is 102 g/mol. The van der Waals surface area contributed by atoms with E-state index >= 15 is 0 Å². The van der Waals surface area contributed by atoms with Gasteiger partial charge in [0, 0.05) is 6.42 Å². The van der Waals surface area contributed by atoms with E-state index in [4.69, 9.17) is 5.73 Å². The molecule has 0 bridgehead atoms. The Morgan fingerprint density at radius 2 is 2.38 bits per heavy atom. The Morgan fingerprint density at radius 1 is 1.75 bits per heavy atom. The maximum Gasteiger partial charge on any atom is 0.217 e. The van der Waals surface area contributed by atoms with Crippen LogP contribution in [0.4, 0.5) is 0 Å². The number of hydrogen-bond donors (Lipinski definition) is 1. The summed E-state index contributed by atoms with van der Waals surface area (Å²) in [6.45, 7) is 2.07. The van der Waals surface area contributed by atoms with Gasteiger partial charge in [-0.25, -0.2) is 0 Å². The summed E-state index contributed by atoms with van der Waals surface area (Å²) in [5.74, 6) is -0.238. The van der Waals surface area contributed by atoms with Crippen molar-refractivity contribution in [1.29, 1.82) is 0 Å². The zero-order valence-corrected chi connectivity index (χ0v) is 5.18. The summed E-state index contributed by atoms with van der Waals surface area (Å²) in [6, 6.07) is 0. The average molecular weight is 114 g/mol. The van der Waals surface area contributed by atoms with Crippen molar-refractivity contribution in [3.05, 3.63) is 6.42 Å². The van der Waals surface area contributed by atoms with Gasteiger partial charge in [0.2, 0.25) is 5.91 Å². The molecule has 0 heterocycles. The highest BCUT2D eigenvalue weighted by Crippen LogP contribution is 1.94. The molecule has 0 saturated carbocycles. The standard InChI is InChI=1S/C6H12NO/c1-2-3-4-5-6(7)8/h4H,2-3,5H2,1H3,(H2,7,8). The molecule has 0 aliphatic carbocycles. The smallest absolute Gasteiger partial charge is 0.217 e. The van der Waals surface area contributed by atoms with Crippen molar-refractivity contribution in [2.45, 2.75) is 26.2 Å². The van der Waals surface area contributed by atoms with Crippen LogP contribution >= 0.6 is 0 Å². The molecule has 2 N–H and O–H groups in total. The van der Waals surface area contributed by atoms with Crippen molar-refractivity contribution in [2.24, 2.45) is 5.73 Å². The van der Waals surface area contributed by atoms with Crippen LogP contribution in [-0.2, 0) is 4.79 Å². The molecule has 0 rings (SSSR count). The van der Waals surface area contributed by atoms with Crippen LogP contribution in [0.2, 0.25) is 0 Å². The molecule has 0 aromatic rings. The molecule has 0 aliphatic heterocycles. The van der Waals surface area contributed by atoms with Gasteiger partial charge in [-0.3, -0.25) is 4.79 Å². The highest BCUT2D eigenvalue weighted by atomic mass is 16.1. The Balaban J connectivity index is 2.82. The fraction of sp³-hybridized carbons (Fsp3) is 0.667. The lowest BCUT2D eigenvalue weighted by Gasteiger charge is -1.90. The van der Waals surface area contributed by atoms with Gasteiger partial charge in [-0.2, -0.15) is 0 Å². The van der Waals surface area contributed by atoms with Gasteiger partial charge in [0.25, 0.3) is 0 Å². The van der Waals surface area contributed by atoms with Crippen LogP contribution in [0.25, 0.3) is 0 Å². The maximum absolute atomic E-state index is 10.1. The van der Waals surface area contributed by atoms with Crippen LogP contribution in [-0.4, -0.2) is 5.91 Å². The number of unbranched alkanes of at least 4 members (excludes halogenated alkanes) is 2. The summed E-state index contributed by atoms with van der Waals surface area (Å²) in [5.41, 5.74) is 4.86. The Morgan fingerprint density at radius 3 is 2.75 bits per heavy atom. The normalized spacial score (nSPS) is 9.12. The van der Waals surface area contributed by atoms with E-state index in [2.05, 4.69) is 6.92 Å². The third-order valence-corrected chi connectivity index (χ3v) is 0.838. The highest BCUT2D eigenvalue weighted by molar-refractivity contribution is 5.74. The second-order valence-corrected chi connectivity index (χ2v) is 1.75. The number of amides is 1. The number of carbonyl (C=O) groups excluding carboxylic acids is 1. The summed E-state index contributed by atoms with van der Waals surface area (Å²) in [5, 5.41) is 0. The van der Waals surface area contributed by atoms with E-state index in [1.54, 1.807) is 0 Å². The molecule has 0 atom stereocenters. The third kappa shape index (κ3) is 5.47. The molecule has 0 spiro atoms. The highest BCUT2D eigenvalue weighted by Gasteiger charge is 1.90. The molecule has 0 aliphatic rings. The van der Waals surface area contributed by atoms with Crippen molar-refractivity contribution < 1.29 is 4.79 Å². The molecule has 47 valence electrons. The molecule has 1 radical (unpaired) electrons. The van der Waals surface area contributed by atoms with Gasteiger partial charge in [0.1, 0.15) is 0 Å². The number of rotatable bonds is 4. The van der Waals surface area contributed by atoms with Gasteiger partial charge in [-0.15, -0.1) is 0 Å². The van der Waals surface area contributed by atoms with Gasteiger partial charge >= 0.3 is 0 Å². The van der Waals surface area contributed by atoms with Crippen LogP contribution in [0.15, 0.2) is 0 Å². The minimum atomic E-state index is -0.238. The predicted octanol–water partition coefficient (Wildman–Crippen LogP) is 0.866. The lowest BCUT2D eigenvalue weighted by molar-refractivity contribution is -0.117. The number of carbonyl (C=O) groups is 1. The van der Waals surface area contributed by atoms with Crippen LogP contribution < -0.4 is 5.73 Å². The minimum Gasteiger partial charge on any atom is -0.370 e. The molecule has 8 heavy (non-hydrogen) atoms. The molecule has 1 amide bonds. The zero-order chi connectivity index (χ0) is 6.41. The second-order valence-electron chi connectivity index (χ2n) is 1.75. The van der Waals surface area contributed by atoms with Gasteiger partial charge in [0.05, 0.1) is 0 Å². The van der Waals surface area contributed by atoms with E-state index in [0.717, 1.165) is 12.8 Å². The van der Waals surface area contributed by atoms with Crippen molar-refractivity contribution in [2.75, 3.05) is 0 Å². The molecule has 0 fully saturated rings. The first-order valence-corrected chi connectivity index (χ1v) is 2.87. The SMILES string of the molecule is CCC[CH]CC(N)=O. The molecule has 0 unspecified atom stereocenters. The summed E-state index contributed by atoms with van der Waals surface area (Å²) < 4.78 is 0. The monoisotopic (exact) mass is 114 g/mol. The zero-order valence-electron chi connectivity index (χ0n) is 5.18. The Hall–Kier alpha value is -0.530. The van der Waals surface area contributed by atoms with E-state index < -0.39 is 0 Å². The van der Waals surface area contributed by atoms with Crippen LogP contribution in [0, 0.1) is 6.42 Å². The van der Waals surface area contributed by atoms with Gasteiger partial charge in [-0.1, -0.05) is 13.3 Å². The first-order chi connectivity index (χ1) is 3.77. The van der Waals surface area contributed by atoms with E-state index in [9.17, 15) is 4.79 Å². The number of primary amides is 1. The lowest BCUT2D eigenvalue weighted by Crippen LogP contribution is -2.09. The topological polar surface area (TPSA) is 43.1 Å². The van der Waals surface area contributed by atoms with Gasteiger partial charge < -0.3 is 5.73 Å². The lowest BCUT2D eigenvalue weighted by atomic mass is 10.2. The predicted molar refractivity (Wildman–Crippen MR) is 33.0 cm³/mol. The summed E-state index contributed by atoms with van der Waals surface area (Å²) in [4.78, 5) is 10.1. The minimum absolute atomic E-state index is 0.238. The fourth-order valence-corrected chi connectivity index (χ4v) is 0.448. The molecule has 2 nitrogen and oxygen atoms in total. The van der Waals surface area contributed by atoms with Crippen molar-refractivity contribution in [3.63, 3.8) is 0 Å². The average Bonchev–Trinajstić information content (AvgIpc) is 1.66. The largest absolute Gasteiger partial charge is 0.370 e. The van der Waals surface area contributed by atoms with E-state index in [1.165, 1.54) is 0 Å². The van der Waals surface area contributed by atoms with Gasteiger partial charge in [0.15, 0.2) is 0 Å². The van der Waals surface area contributed by atoms with E-state index in [1.807, 2.05) is 6.42 Å². The van der Waals surface area contributed by atoms with E-state index in [-0.39, 0.29) is 5.91 Å². The molecular formula is C6H12NO. The second kappa shape index (κ2) is 4.62. The number of hydrogen-bond acceptors (Lipinski definition) is 1. The third-order valence-electron chi connectivity index (χ3n) is 0.838. The van der Waals surface area contributed by atoms with E-state index in [0.29, 0.717) is 6.42 Å². The maximum atomic E-state index is 10.1. The van der Waals surface area contributed by atoms with Crippen LogP contribution in [0.3, 0.4) is 0 Å². The fourth-order valence-electron chi connectivity index (χ4n) is 0.448. The molecule has 0 saturated heterocycles. The Kier molecular flexibility index (Phi) is 4.32. The summed E-state index contributed by atoms with van der Waals surface area (Å²) in [6.07, 6.45) is 4.41. The van der Waals surface area contributed by atoms with Gasteiger partial charge in [-0.05, 0) is 12.8 Å². The molecule has 0 aromatic carbocycles. The summed E-state index contributed by atoms with van der Waals surface area (Å²) in [7, 11) is 0. The van der Waals surface area contributed by atoms with Crippen molar-refractivity contribution in [1.82, 2.24) is 0 Å². The summed E-state index contributed by atoms with van der Waals surface area (Å²) >= 11 is 0. The van der Waals surface area contributed by atoms with Crippen molar-refractivity contribution >= 4 is 5.91 Å².